The Bertz CT molecular complexity index is 898. The molecule has 0 spiro atoms. The summed E-state index contributed by atoms with van der Waals surface area (Å²) in [7, 11) is -2.12. The summed E-state index contributed by atoms with van der Waals surface area (Å²) in [5.74, 6) is -0.242. The van der Waals surface area contributed by atoms with E-state index in [0.717, 1.165) is 12.0 Å². The number of aryl methyl sites for hydroxylation is 2. The summed E-state index contributed by atoms with van der Waals surface area (Å²) >= 11 is 0. The SMILES string of the molecule is CCc1ccc(C2CNCCN2C(=O)CNS(=O)(=O)c2cnn(C)c2)cc1.Cl. The van der Waals surface area contributed by atoms with Gasteiger partial charge in [-0.1, -0.05) is 31.2 Å². The molecule has 10 heteroatoms. The molecule has 1 unspecified atom stereocenters. The first-order valence-electron chi connectivity index (χ1n) is 8.98. The first kappa shape index (κ1) is 22.4. The average molecular weight is 428 g/mol. The molecule has 0 radical (unpaired) electrons. The van der Waals surface area contributed by atoms with Crippen LogP contribution in [-0.2, 0) is 28.3 Å². The van der Waals surface area contributed by atoms with Crippen molar-refractivity contribution in [3.63, 3.8) is 0 Å². The van der Waals surface area contributed by atoms with Gasteiger partial charge in [0.2, 0.25) is 15.9 Å². The van der Waals surface area contributed by atoms with Crippen LogP contribution in [0.25, 0.3) is 0 Å². The largest absolute Gasteiger partial charge is 0.332 e. The van der Waals surface area contributed by atoms with Gasteiger partial charge in [-0.05, 0) is 17.5 Å². The summed E-state index contributed by atoms with van der Waals surface area (Å²) in [5, 5.41) is 7.16. The third-order valence-corrected chi connectivity index (χ3v) is 6.10. The van der Waals surface area contributed by atoms with E-state index in [1.54, 1.807) is 11.9 Å². The molecule has 1 saturated heterocycles. The molecule has 1 aliphatic heterocycles. The second kappa shape index (κ2) is 9.51. The highest BCUT2D eigenvalue weighted by Crippen LogP contribution is 2.23. The third kappa shape index (κ3) is 5.11. The van der Waals surface area contributed by atoms with E-state index in [-0.39, 0.29) is 35.8 Å². The first-order chi connectivity index (χ1) is 12.9. The zero-order chi connectivity index (χ0) is 19.4. The number of amides is 1. The monoisotopic (exact) mass is 427 g/mol. The number of hydrogen-bond donors (Lipinski definition) is 2. The molecule has 28 heavy (non-hydrogen) atoms. The Morgan fingerprint density at radius 3 is 2.64 bits per heavy atom. The second-order valence-electron chi connectivity index (χ2n) is 6.58. The molecular weight excluding hydrogens is 402 g/mol. The van der Waals surface area contributed by atoms with Crippen molar-refractivity contribution < 1.29 is 13.2 Å². The fourth-order valence-electron chi connectivity index (χ4n) is 3.16. The van der Waals surface area contributed by atoms with E-state index in [1.807, 2.05) is 12.1 Å². The summed E-state index contributed by atoms with van der Waals surface area (Å²) < 4.78 is 28.4. The molecule has 1 amide bonds. The van der Waals surface area contributed by atoms with Crippen LogP contribution in [0.4, 0.5) is 0 Å². The van der Waals surface area contributed by atoms with E-state index in [1.165, 1.54) is 22.6 Å². The van der Waals surface area contributed by atoms with Crippen LogP contribution in [0.3, 0.4) is 0 Å². The number of sulfonamides is 1. The molecule has 154 valence electrons. The van der Waals surface area contributed by atoms with Crippen LogP contribution in [0.5, 0.6) is 0 Å². The summed E-state index contributed by atoms with van der Waals surface area (Å²) in [6.07, 6.45) is 3.62. The number of benzene rings is 1. The van der Waals surface area contributed by atoms with Crippen LogP contribution >= 0.6 is 12.4 Å². The highest BCUT2D eigenvalue weighted by Gasteiger charge is 2.28. The van der Waals surface area contributed by atoms with Crippen LogP contribution in [0.2, 0.25) is 0 Å². The Kier molecular flexibility index (Phi) is 7.59. The van der Waals surface area contributed by atoms with Crippen molar-refractivity contribution >= 4 is 28.3 Å². The Morgan fingerprint density at radius 2 is 2.04 bits per heavy atom. The Hall–Kier alpha value is -1.94. The zero-order valence-corrected chi connectivity index (χ0v) is 17.6. The van der Waals surface area contributed by atoms with Gasteiger partial charge in [0.15, 0.2) is 0 Å². The maximum atomic E-state index is 12.7. The van der Waals surface area contributed by atoms with Gasteiger partial charge in [-0.25, -0.2) is 13.1 Å². The molecule has 2 heterocycles. The number of aromatic nitrogens is 2. The van der Waals surface area contributed by atoms with Crippen LogP contribution in [0.15, 0.2) is 41.6 Å². The number of halogens is 1. The van der Waals surface area contributed by atoms with Crippen molar-refractivity contribution in [3.8, 4) is 0 Å². The van der Waals surface area contributed by atoms with E-state index < -0.39 is 10.0 Å². The molecule has 0 aliphatic carbocycles. The number of carbonyl (C=O) groups excluding carboxylic acids is 1. The fourth-order valence-corrected chi connectivity index (χ4v) is 4.11. The van der Waals surface area contributed by atoms with Crippen LogP contribution in [0, 0.1) is 0 Å². The summed E-state index contributed by atoms with van der Waals surface area (Å²) in [4.78, 5) is 14.5. The van der Waals surface area contributed by atoms with E-state index in [2.05, 4.69) is 34.2 Å². The highest BCUT2D eigenvalue weighted by molar-refractivity contribution is 7.89. The molecule has 0 bridgehead atoms. The van der Waals surface area contributed by atoms with Gasteiger partial charge in [-0.3, -0.25) is 9.48 Å². The number of piperazine rings is 1. The van der Waals surface area contributed by atoms with E-state index >= 15 is 0 Å². The average Bonchev–Trinajstić information content (AvgIpc) is 3.13. The molecular formula is C18H26ClN5O3S. The summed E-state index contributed by atoms with van der Waals surface area (Å²) in [5.41, 5.74) is 2.28. The van der Waals surface area contributed by atoms with Crippen molar-refractivity contribution in [1.82, 2.24) is 24.7 Å². The maximum absolute atomic E-state index is 12.7. The van der Waals surface area contributed by atoms with Crippen molar-refractivity contribution in [2.24, 2.45) is 7.05 Å². The minimum absolute atomic E-state index is 0. The highest BCUT2D eigenvalue weighted by atomic mass is 35.5. The number of hydrogen-bond acceptors (Lipinski definition) is 5. The molecule has 0 saturated carbocycles. The van der Waals surface area contributed by atoms with Gasteiger partial charge < -0.3 is 10.2 Å². The van der Waals surface area contributed by atoms with E-state index in [4.69, 9.17) is 0 Å². The number of rotatable bonds is 6. The second-order valence-corrected chi connectivity index (χ2v) is 8.34. The maximum Gasteiger partial charge on any atom is 0.244 e. The molecule has 1 aromatic heterocycles. The number of carbonyl (C=O) groups is 1. The first-order valence-corrected chi connectivity index (χ1v) is 10.5. The standard InChI is InChI=1S/C18H25N5O3S.ClH/c1-3-14-4-6-15(7-5-14)17-11-19-8-9-23(17)18(24)12-21-27(25,26)16-10-20-22(2)13-16;/h4-7,10,13,17,19,21H,3,8-9,11-12H2,1-2H3;1H. The quantitative estimate of drug-likeness (QED) is 0.712. The van der Waals surface area contributed by atoms with Gasteiger partial charge in [0.1, 0.15) is 4.90 Å². The number of nitrogens with one attached hydrogen (secondary N) is 2. The minimum Gasteiger partial charge on any atom is -0.332 e. The lowest BCUT2D eigenvalue weighted by molar-refractivity contribution is -0.133. The topological polar surface area (TPSA) is 96.3 Å². The molecule has 1 aromatic carbocycles. The van der Waals surface area contributed by atoms with Gasteiger partial charge in [-0.15, -0.1) is 12.4 Å². The lowest BCUT2D eigenvalue weighted by Gasteiger charge is -2.36. The van der Waals surface area contributed by atoms with Gasteiger partial charge in [0, 0.05) is 32.9 Å². The van der Waals surface area contributed by atoms with Gasteiger partial charge in [0.25, 0.3) is 0 Å². The van der Waals surface area contributed by atoms with Crippen molar-refractivity contribution in [1.29, 1.82) is 0 Å². The van der Waals surface area contributed by atoms with Crippen molar-refractivity contribution in [2.45, 2.75) is 24.3 Å². The fraction of sp³-hybridized carbons (Fsp3) is 0.444. The van der Waals surface area contributed by atoms with Gasteiger partial charge >= 0.3 is 0 Å². The van der Waals surface area contributed by atoms with Crippen LogP contribution in [0.1, 0.15) is 24.1 Å². The molecule has 1 atom stereocenters. The van der Waals surface area contributed by atoms with Crippen LogP contribution < -0.4 is 10.0 Å². The zero-order valence-electron chi connectivity index (χ0n) is 16.0. The van der Waals surface area contributed by atoms with E-state index in [0.29, 0.717) is 19.6 Å². The van der Waals surface area contributed by atoms with E-state index in [9.17, 15) is 13.2 Å². The minimum atomic E-state index is -3.76. The normalized spacial score (nSPS) is 17.2. The Morgan fingerprint density at radius 1 is 1.32 bits per heavy atom. The summed E-state index contributed by atoms with van der Waals surface area (Å²) in [6, 6.07) is 8.10. The van der Waals surface area contributed by atoms with Gasteiger partial charge in [-0.2, -0.15) is 5.10 Å². The third-order valence-electron chi connectivity index (χ3n) is 4.74. The predicted molar refractivity (Wildman–Crippen MR) is 109 cm³/mol. The van der Waals surface area contributed by atoms with Crippen molar-refractivity contribution in [3.05, 3.63) is 47.8 Å². The Labute approximate surface area is 171 Å². The lowest BCUT2D eigenvalue weighted by Crippen LogP contribution is -2.51. The smallest absolute Gasteiger partial charge is 0.244 e. The molecule has 2 aromatic rings. The Balaban J connectivity index is 0.00000280. The number of nitrogens with zero attached hydrogens (tertiary/aromatic N) is 3. The summed E-state index contributed by atoms with van der Waals surface area (Å²) in [6.45, 7) is 3.69. The van der Waals surface area contributed by atoms with Crippen molar-refractivity contribution in [2.75, 3.05) is 26.2 Å². The molecule has 1 fully saturated rings. The van der Waals surface area contributed by atoms with Gasteiger partial charge in [0.05, 0.1) is 18.8 Å². The molecule has 1 aliphatic rings. The van der Waals surface area contributed by atoms with Crippen LogP contribution in [-0.4, -0.2) is 55.2 Å². The molecule has 2 N–H and O–H groups in total. The molecule has 3 rings (SSSR count). The predicted octanol–water partition coefficient (Wildman–Crippen LogP) is 0.856. The molecule has 8 nitrogen and oxygen atoms in total. The lowest BCUT2D eigenvalue weighted by atomic mass is 10.0.